The maximum absolute atomic E-state index is 12.3. The fourth-order valence-electron chi connectivity index (χ4n) is 8.79. The van der Waals surface area contributed by atoms with E-state index in [1.165, 1.54) is 0 Å². The van der Waals surface area contributed by atoms with Crippen molar-refractivity contribution in [2.24, 2.45) is 39.2 Å². The van der Waals surface area contributed by atoms with Crippen molar-refractivity contribution in [1.82, 2.24) is 5.32 Å². The SMILES string of the molecule is CC1(C)/C(=N/O[C@@H]2CCNC2)CC[C@]2(C)[C@@H]3CC[C@]4(C)C(O)CC[C@H]4[C@@H]3CCC12O. The van der Waals surface area contributed by atoms with Crippen LogP contribution in [0.3, 0.4) is 0 Å². The second kappa shape index (κ2) is 6.92. The Morgan fingerprint density at radius 2 is 1.77 bits per heavy atom. The zero-order valence-electron chi connectivity index (χ0n) is 19.4. The Morgan fingerprint density at radius 1 is 0.967 bits per heavy atom. The molecule has 4 saturated carbocycles. The Bertz CT molecular complexity index is 717. The molecule has 1 saturated heterocycles. The number of rotatable bonds is 2. The molecule has 5 fully saturated rings. The maximum Gasteiger partial charge on any atom is 0.141 e. The van der Waals surface area contributed by atoms with Gasteiger partial charge in [0, 0.05) is 23.8 Å². The zero-order valence-corrected chi connectivity index (χ0v) is 19.4. The summed E-state index contributed by atoms with van der Waals surface area (Å²) in [5, 5.41) is 31.0. The van der Waals surface area contributed by atoms with Crippen molar-refractivity contribution >= 4 is 5.71 Å². The molecule has 0 amide bonds. The number of aliphatic hydroxyl groups is 2. The van der Waals surface area contributed by atoms with Gasteiger partial charge in [-0.3, -0.25) is 0 Å². The molecule has 5 rings (SSSR count). The maximum atomic E-state index is 12.3. The van der Waals surface area contributed by atoms with Crippen molar-refractivity contribution in [1.29, 1.82) is 0 Å². The van der Waals surface area contributed by atoms with Crippen LogP contribution in [-0.2, 0) is 4.84 Å². The smallest absolute Gasteiger partial charge is 0.141 e. The van der Waals surface area contributed by atoms with Crippen LogP contribution in [0, 0.1) is 34.0 Å². The number of hydrogen-bond donors (Lipinski definition) is 3. The van der Waals surface area contributed by atoms with Gasteiger partial charge in [-0.15, -0.1) is 0 Å². The lowest BCUT2D eigenvalue weighted by molar-refractivity contribution is -0.230. The minimum absolute atomic E-state index is 0.0902. The molecule has 2 unspecified atom stereocenters. The number of fused-ring (bicyclic) bond motifs is 5. The van der Waals surface area contributed by atoms with Crippen LogP contribution in [0.15, 0.2) is 5.16 Å². The van der Waals surface area contributed by atoms with Gasteiger partial charge in [0.15, 0.2) is 0 Å². The predicted octanol–water partition coefficient (Wildman–Crippen LogP) is 3.88. The van der Waals surface area contributed by atoms with Crippen LogP contribution in [0.4, 0.5) is 0 Å². The third kappa shape index (κ3) is 2.67. The lowest BCUT2D eigenvalue weighted by Crippen LogP contribution is -2.69. The monoisotopic (exact) mass is 418 g/mol. The fraction of sp³-hybridized carbons (Fsp3) is 0.960. The Kier molecular flexibility index (Phi) is 4.89. The first-order valence-corrected chi connectivity index (χ1v) is 12.5. The second-order valence-corrected chi connectivity index (χ2v) is 12.2. The van der Waals surface area contributed by atoms with E-state index >= 15 is 0 Å². The van der Waals surface area contributed by atoms with Crippen LogP contribution >= 0.6 is 0 Å². The number of nitrogens with zero attached hydrogens (tertiary/aromatic N) is 1. The summed E-state index contributed by atoms with van der Waals surface area (Å²) in [5.41, 5.74) is -0.0902. The van der Waals surface area contributed by atoms with E-state index in [1.807, 2.05) is 0 Å². The molecule has 4 aliphatic carbocycles. The van der Waals surface area contributed by atoms with Gasteiger partial charge in [0.2, 0.25) is 0 Å². The highest BCUT2D eigenvalue weighted by atomic mass is 16.6. The standard InChI is InChI=1S/C25H42N2O3/c1-22(2)20(27-30-16-10-14-26-15-16)9-12-24(4)19-8-11-23(3)18(5-6-21(23)28)17(19)7-13-25(22,24)29/h16-19,21,26,28-29H,5-15H2,1-4H3/b27-20+/t16-,17+,18+,19-,21?,23+,24-,25?/m1/s1. The first kappa shape index (κ1) is 21.2. The summed E-state index contributed by atoms with van der Waals surface area (Å²) in [6, 6.07) is 0. The van der Waals surface area contributed by atoms with Gasteiger partial charge in [0.1, 0.15) is 6.10 Å². The predicted molar refractivity (Wildman–Crippen MR) is 118 cm³/mol. The third-order valence-corrected chi connectivity index (χ3v) is 11.0. The van der Waals surface area contributed by atoms with Gasteiger partial charge in [-0.1, -0.05) is 32.9 Å². The van der Waals surface area contributed by atoms with E-state index < -0.39 is 5.60 Å². The van der Waals surface area contributed by atoms with Crippen LogP contribution in [0.25, 0.3) is 0 Å². The minimum atomic E-state index is -0.750. The second-order valence-electron chi connectivity index (χ2n) is 12.2. The summed E-state index contributed by atoms with van der Waals surface area (Å²) in [7, 11) is 0. The van der Waals surface area contributed by atoms with Crippen molar-refractivity contribution in [3.8, 4) is 0 Å². The molecule has 0 aromatic rings. The van der Waals surface area contributed by atoms with E-state index in [0.717, 1.165) is 76.6 Å². The highest BCUT2D eigenvalue weighted by Gasteiger charge is 2.69. The lowest BCUT2D eigenvalue weighted by atomic mass is 9.39. The first-order valence-electron chi connectivity index (χ1n) is 12.5. The average Bonchev–Trinajstić information content (AvgIpc) is 3.32. The summed E-state index contributed by atoms with van der Waals surface area (Å²) >= 11 is 0. The molecule has 0 aromatic carbocycles. The van der Waals surface area contributed by atoms with Crippen LogP contribution in [0.5, 0.6) is 0 Å². The van der Waals surface area contributed by atoms with Gasteiger partial charge >= 0.3 is 0 Å². The molecule has 8 atom stereocenters. The summed E-state index contributed by atoms with van der Waals surface area (Å²) in [6.45, 7) is 11.0. The quantitative estimate of drug-likeness (QED) is 0.595. The fourth-order valence-corrected chi connectivity index (χ4v) is 8.79. The van der Waals surface area contributed by atoms with Gasteiger partial charge in [-0.25, -0.2) is 0 Å². The number of nitrogens with one attached hydrogen (secondary N) is 1. The number of aliphatic hydroxyl groups excluding tert-OH is 1. The van der Waals surface area contributed by atoms with E-state index in [4.69, 9.17) is 4.84 Å². The summed E-state index contributed by atoms with van der Waals surface area (Å²) in [6.07, 6.45) is 9.22. The molecule has 170 valence electrons. The Morgan fingerprint density at radius 3 is 2.50 bits per heavy atom. The van der Waals surface area contributed by atoms with Gasteiger partial charge in [0.05, 0.1) is 17.4 Å². The van der Waals surface area contributed by atoms with Crippen molar-refractivity contribution in [2.75, 3.05) is 13.1 Å². The molecule has 30 heavy (non-hydrogen) atoms. The number of oxime groups is 1. The molecule has 0 radical (unpaired) electrons. The summed E-state index contributed by atoms with van der Waals surface area (Å²) in [5.74, 6) is 1.80. The lowest BCUT2D eigenvalue weighted by Gasteiger charge is -2.67. The molecule has 3 N–H and O–H groups in total. The Balaban J connectivity index is 1.43. The van der Waals surface area contributed by atoms with E-state index in [2.05, 4.69) is 38.2 Å². The molecule has 5 nitrogen and oxygen atoms in total. The van der Waals surface area contributed by atoms with Crippen LogP contribution in [0.2, 0.25) is 0 Å². The van der Waals surface area contributed by atoms with Crippen molar-refractivity contribution in [3.63, 3.8) is 0 Å². The number of hydrogen-bond acceptors (Lipinski definition) is 5. The molecule has 1 aliphatic heterocycles. The largest absolute Gasteiger partial charge is 0.393 e. The molecule has 5 heteroatoms. The Hall–Kier alpha value is -0.650. The zero-order chi connectivity index (χ0) is 21.4. The first-order chi connectivity index (χ1) is 14.1. The van der Waals surface area contributed by atoms with Crippen LogP contribution < -0.4 is 5.32 Å². The molecular weight excluding hydrogens is 376 g/mol. The molecular formula is C25H42N2O3. The van der Waals surface area contributed by atoms with E-state index in [9.17, 15) is 10.2 Å². The van der Waals surface area contributed by atoms with Crippen LogP contribution in [-0.4, -0.2) is 46.8 Å². The molecule has 1 heterocycles. The van der Waals surface area contributed by atoms with E-state index in [-0.39, 0.29) is 28.5 Å². The Labute approximate surface area is 182 Å². The molecule has 0 spiro atoms. The summed E-state index contributed by atoms with van der Waals surface area (Å²) in [4.78, 5) is 5.91. The van der Waals surface area contributed by atoms with Crippen molar-refractivity contribution < 1.29 is 15.1 Å². The van der Waals surface area contributed by atoms with Crippen molar-refractivity contribution in [3.05, 3.63) is 0 Å². The molecule has 0 bridgehead atoms. The normalized spacial score (nSPS) is 53.8. The third-order valence-electron chi connectivity index (χ3n) is 11.0. The van der Waals surface area contributed by atoms with Crippen LogP contribution in [0.1, 0.15) is 85.5 Å². The molecule has 5 aliphatic rings. The topological polar surface area (TPSA) is 74.1 Å². The minimum Gasteiger partial charge on any atom is -0.393 e. The van der Waals surface area contributed by atoms with Gasteiger partial charge in [0.25, 0.3) is 0 Å². The summed E-state index contributed by atoms with van der Waals surface area (Å²) < 4.78 is 0. The average molecular weight is 419 g/mol. The van der Waals surface area contributed by atoms with Crippen molar-refractivity contribution in [2.45, 2.75) is 103 Å². The van der Waals surface area contributed by atoms with E-state index in [1.54, 1.807) is 0 Å². The highest BCUT2D eigenvalue weighted by molar-refractivity contribution is 5.91. The van der Waals surface area contributed by atoms with Gasteiger partial charge in [-0.05, 0) is 81.1 Å². The van der Waals surface area contributed by atoms with E-state index in [0.29, 0.717) is 17.8 Å². The van der Waals surface area contributed by atoms with Gasteiger partial charge in [-0.2, -0.15) is 0 Å². The molecule has 0 aromatic heterocycles. The van der Waals surface area contributed by atoms with Gasteiger partial charge < -0.3 is 20.4 Å². The highest BCUT2D eigenvalue weighted by Crippen LogP contribution is 2.69.